The molecule has 27 heavy (non-hydrogen) atoms. The number of hydrogen-bond donors (Lipinski definition) is 1. The number of rotatable bonds is 4. The standard InChI is InChI=1S/C22H27N3O2/c1-2-27-19-10-9-17-11-14-25(16-18(17)15-19)22(26)23-20-7-3-4-8-21(20)24-12-5-6-13-24/h3-4,7-10,15H,2,5-6,11-14,16H2,1H3,(H,23,26). The zero-order valence-electron chi connectivity index (χ0n) is 15.9. The molecule has 0 aromatic heterocycles. The Kier molecular flexibility index (Phi) is 5.19. The van der Waals surface area contributed by atoms with Gasteiger partial charge < -0.3 is 19.9 Å². The van der Waals surface area contributed by atoms with Crippen molar-refractivity contribution < 1.29 is 9.53 Å². The van der Waals surface area contributed by atoms with Crippen LogP contribution in [0.4, 0.5) is 16.2 Å². The third-order valence-electron chi connectivity index (χ3n) is 5.38. The van der Waals surface area contributed by atoms with E-state index in [-0.39, 0.29) is 6.03 Å². The third kappa shape index (κ3) is 3.87. The number of anilines is 2. The number of amides is 2. The van der Waals surface area contributed by atoms with Gasteiger partial charge in [-0.1, -0.05) is 18.2 Å². The summed E-state index contributed by atoms with van der Waals surface area (Å²) in [5, 5.41) is 3.14. The fourth-order valence-electron chi connectivity index (χ4n) is 3.97. The number of hydrogen-bond acceptors (Lipinski definition) is 3. The van der Waals surface area contributed by atoms with Gasteiger partial charge in [0.25, 0.3) is 0 Å². The van der Waals surface area contributed by atoms with Gasteiger partial charge in [0.15, 0.2) is 0 Å². The summed E-state index contributed by atoms with van der Waals surface area (Å²) in [6.45, 7) is 6.11. The first-order valence-corrected chi connectivity index (χ1v) is 9.89. The molecule has 0 spiro atoms. The molecule has 4 rings (SSSR count). The maximum absolute atomic E-state index is 12.9. The molecular formula is C22H27N3O2. The van der Waals surface area contributed by atoms with Crippen molar-refractivity contribution in [1.82, 2.24) is 4.90 Å². The first-order chi connectivity index (χ1) is 13.2. The van der Waals surface area contributed by atoms with Crippen LogP contribution in [0.25, 0.3) is 0 Å². The van der Waals surface area contributed by atoms with E-state index in [4.69, 9.17) is 4.74 Å². The molecule has 0 unspecified atom stereocenters. The quantitative estimate of drug-likeness (QED) is 0.880. The zero-order valence-corrected chi connectivity index (χ0v) is 15.9. The molecule has 2 aliphatic heterocycles. The highest BCUT2D eigenvalue weighted by Gasteiger charge is 2.23. The molecule has 0 atom stereocenters. The Hall–Kier alpha value is -2.69. The minimum Gasteiger partial charge on any atom is -0.494 e. The molecule has 1 saturated heterocycles. The number of nitrogens with one attached hydrogen (secondary N) is 1. The molecule has 0 radical (unpaired) electrons. The molecule has 2 aromatic carbocycles. The van der Waals surface area contributed by atoms with Gasteiger partial charge in [-0.2, -0.15) is 0 Å². The normalized spacial score (nSPS) is 16.2. The molecule has 0 saturated carbocycles. The number of urea groups is 1. The van der Waals surface area contributed by atoms with Crippen molar-refractivity contribution in [2.45, 2.75) is 32.7 Å². The summed E-state index contributed by atoms with van der Waals surface area (Å²) in [7, 11) is 0. The fraction of sp³-hybridized carbons (Fsp3) is 0.409. The van der Waals surface area contributed by atoms with Crippen molar-refractivity contribution in [1.29, 1.82) is 0 Å². The van der Waals surface area contributed by atoms with Crippen LogP contribution in [0.15, 0.2) is 42.5 Å². The average Bonchev–Trinajstić information content (AvgIpc) is 3.23. The van der Waals surface area contributed by atoms with Crippen LogP contribution in [-0.4, -0.2) is 37.2 Å². The molecule has 2 aromatic rings. The van der Waals surface area contributed by atoms with E-state index in [2.05, 4.69) is 28.4 Å². The van der Waals surface area contributed by atoms with Crippen LogP contribution < -0.4 is 15.0 Å². The van der Waals surface area contributed by atoms with Crippen molar-refractivity contribution in [2.75, 3.05) is 36.5 Å². The average molecular weight is 365 g/mol. The molecule has 2 amide bonds. The van der Waals surface area contributed by atoms with Crippen LogP contribution in [0.3, 0.4) is 0 Å². The summed E-state index contributed by atoms with van der Waals surface area (Å²) in [6.07, 6.45) is 3.31. The van der Waals surface area contributed by atoms with Crippen LogP contribution in [0, 0.1) is 0 Å². The summed E-state index contributed by atoms with van der Waals surface area (Å²) in [4.78, 5) is 17.2. The molecule has 5 heteroatoms. The van der Waals surface area contributed by atoms with E-state index in [1.165, 1.54) is 24.0 Å². The maximum Gasteiger partial charge on any atom is 0.322 e. The van der Waals surface area contributed by atoms with Crippen molar-refractivity contribution in [3.05, 3.63) is 53.6 Å². The first kappa shape index (κ1) is 17.7. The van der Waals surface area contributed by atoms with Gasteiger partial charge >= 0.3 is 6.03 Å². The van der Waals surface area contributed by atoms with E-state index in [0.29, 0.717) is 13.2 Å². The summed E-state index contributed by atoms with van der Waals surface area (Å²) in [5.41, 5.74) is 4.51. The highest BCUT2D eigenvalue weighted by molar-refractivity contribution is 5.93. The van der Waals surface area contributed by atoms with Gasteiger partial charge in [0.2, 0.25) is 0 Å². The number of ether oxygens (including phenoxy) is 1. The number of carbonyl (C=O) groups is 1. The fourth-order valence-corrected chi connectivity index (χ4v) is 3.97. The molecule has 1 N–H and O–H groups in total. The Morgan fingerprint density at radius 2 is 1.89 bits per heavy atom. The Morgan fingerprint density at radius 1 is 1.07 bits per heavy atom. The van der Waals surface area contributed by atoms with E-state index in [1.54, 1.807) is 0 Å². The highest BCUT2D eigenvalue weighted by Crippen LogP contribution is 2.30. The molecule has 5 nitrogen and oxygen atoms in total. The van der Waals surface area contributed by atoms with Crippen LogP contribution in [0.1, 0.15) is 30.9 Å². The van der Waals surface area contributed by atoms with Crippen LogP contribution in [0.5, 0.6) is 5.75 Å². The van der Waals surface area contributed by atoms with E-state index in [1.807, 2.05) is 36.1 Å². The largest absolute Gasteiger partial charge is 0.494 e. The Balaban J connectivity index is 1.47. The Labute approximate surface area is 160 Å². The van der Waals surface area contributed by atoms with E-state index in [9.17, 15) is 4.79 Å². The van der Waals surface area contributed by atoms with Gasteiger partial charge in [0, 0.05) is 26.2 Å². The van der Waals surface area contributed by atoms with Crippen molar-refractivity contribution >= 4 is 17.4 Å². The Morgan fingerprint density at radius 3 is 2.70 bits per heavy atom. The summed E-state index contributed by atoms with van der Waals surface area (Å²) >= 11 is 0. The van der Waals surface area contributed by atoms with Crippen LogP contribution in [0.2, 0.25) is 0 Å². The Bertz CT molecular complexity index is 815. The van der Waals surface area contributed by atoms with Gasteiger partial charge in [0.05, 0.1) is 18.0 Å². The number of carbonyl (C=O) groups excluding carboxylic acids is 1. The van der Waals surface area contributed by atoms with Crippen molar-refractivity contribution in [3.63, 3.8) is 0 Å². The molecule has 2 aliphatic rings. The van der Waals surface area contributed by atoms with E-state index < -0.39 is 0 Å². The second kappa shape index (κ2) is 7.91. The van der Waals surface area contributed by atoms with E-state index >= 15 is 0 Å². The summed E-state index contributed by atoms with van der Waals surface area (Å²) in [6, 6.07) is 14.3. The zero-order chi connectivity index (χ0) is 18.6. The topological polar surface area (TPSA) is 44.8 Å². The van der Waals surface area contributed by atoms with E-state index in [0.717, 1.165) is 43.2 Å². The lowest BCUT2D eigenvalue weighted by molar-refractivity contribution is 0.206. The maximum atomic E-state index is 12.9. The number of para-hydroxylation sites is 2. The monoisotopic (exact) mass is 365 g/mol. The van der Waals surface area contributed by atoms with Crippen molar-refractivity contribution in [2.24, 2.45) is 0 Å². The van der Waals surface area contributed by atoms with Crippen LogP contribution in [-0.2, 0) is 13.0 Å². The predicted octanol–water partition coefficient (Wildman–Crippen LogP) is 4.28. The third-order valence-corrected chi connectivity index (χ3v) is 5.38. The summed E-state index contributed by atoms with van der Waals surface area (Å²) in [5.74, 6) is 0.873. The lowest BCUT2D eigenvalue weighted by atomic mass is 10.00. The van der Waals surface area contributed by atoms with Gasteiger partial charge in [-0.25, -0.2) is 4.79 Å². The smallest absolute Gasteiger partial charge is 0.322 e. The number of benzene rings is 2. The summed E-state index contributed by atoms with van der Waals surface area (Å²) < 4.78 is 5.61. The number of nitrogens with zero attached hydrogens (tertiary/aromatic N) is 2. The molecule has 0 aliphatic carbocycles. The molecule has 142 valence electrons. The molecule has 0 bridgehead atoms. The van der Waals surface area contributed by atoms with Crippen molar-refractivity contribution in [3.8, 4) is 5.75 Å². The molecular weight excluding hydrogens is 338 g/mol. The number of fused-ring (bicyclic) bond motifs is 1. The SMILES string of the molecule is CCOc1ccc2c(c1)CN(C(=O)Nc1ccccc1N1CCCC1)CC2. The lowest BCUT2D eigenvalue weighted by Gasteiger charge is -2.30. The predicted molar refractivity (Wildman–Crippen MR) is 109 cm³/mol. The van der Waals surface area contributed by atoms with Gasteiger partial charge in [-0.3, -0.25) is 0 Å². The molecule has 1 fully saturated rings. The first-order valence-electron chi connectivity index (χ1n) is 9.89. The van der Waals surface area contributed by atoms with Gasteiger partial charge in [-0.05, 0) is 61.6 Å². The minimum absolute atomic E-state index is 0.0332. The van der Waals surface area contributed by atoms with Gasteiger partial charge in [-0.15, -0.1) is 0 Å². The van der Waals surface area contributed by atoms with Gasteiger partial charge in [0.1, 0.15) is 5.75 Å². The second-order valence-corrected chi connectivity index (χ2v) is 7.18. The second-order valence-electron chi connectivity index (χ2n) is 7.18. The molecule has 2 heterocycles. The minimum atomic E-state index is -0.0332. The van der Waals surface area contributed by atoms with Crippen LogP contribution >= 0.6 is 0 Å². The highest BCUT2D eigenvalue weighted by atomic mass is 16.5. The lowest BCUT2D eigenvalue weighted by Crippen LogP contribution is -2.39.